The van der Waals surface area contributed by atoms with Gasteiger partial charge in [0.2, 0.25) is 0 Å². The van der Waals surface area contributed by atoms with Gasteiger partial charge in [-0.3, -0.25) is 9.19 Å². The van der Waals surface area contributed by atoms with Crippen molar-refractivity contribution in [1.82, 2.24) is 24.7 Å². The van der Waals surface area contributed by atoms with Crippen molar-refractivity contribution in [2.24, 2.45) is 0 Å². The highest BCUT2D eigenvalue weighted by Crippen LogP contribution is 2.40. The summed E-state index contributed by atoms with van der Waals surface area (Å²) in [5.74, 6) is 1.13. The molecule has 5 rings (SSSR count). The molecular formula is C20H17N5OS. The van der Waals surface area contributed by atoms with E-state index >= 15 is 0 Å². The molecule has 1 fully saturated rings. The van der Waals surface area contributed by atoms with Crippen LogP contribution in [0.5, 0.6) is 0 Å². The Morgan fingerprint density at radius 2 is 1.85 bits per heavy atom. The largest absolute Gasteiger partial charge is 0.256 e. The van der Waals surface area contributed by atoms with Crippen LogP contribution in [-0.2, 0) is 10.8 Å². The van der Waals surface area contributed by atoms with E-state index in [0.29, 0.717) is 16.9 Å². The predicted molar refractivity (Wildman–Crippen MR) is 104 cm³/mol. The quantitative estimate of drug-likeness (QED) is 0.546. The molecule has 0 N–H and O–H groups in total. The van der Waals surface area contributed by atoms with Crippen LogP contribution in [0.4, 0.5) is 0 Å². The van der Waals surface area contributed by atoms with Gasteiger partial charge < -0.3 is 0 Å². The summed E-state index contributed by atoms with van der Waals surface area (Å²) in [6.07, 6.45) is 9.52. The molecule has 0 radical (unpaired) electrons. The molecule has 7 heteroatoms. The standard InChI is InChI=1S/C20H17N5OS/c1-27(26)19-16-4-2-3-5-18(16)25(24-19)20-22-11-15(12-23-20)17-10-14(8-9-21-17)13-6-7-13/h2-5,8-13H,6-7H2,1H3. The van der Waals surface area contributed by atoms with Crippen LogP contribution in [0.1, 0.15) is 24.3 Å². The van der Waals surface area contributed by atoms with Crippen LogP contribution >= 0.6 is 0 Å². The fourth-order valence-electron chi connectivity index (χ4n) is 3.24. The molecular weight excluding hydrogens is 358 g/mol. The minimum atomic E-state index is -1.19. The summed E-state index contributed by atoms with van der Waals surface area (Å²) in [7, 11) is -1.19. The molecule has 3 aromatic heterocycles. The molecule has 0 saturated heterocycles. The van der Waals surface area contributed by atoms with Crippen molar-refractivity contribution in [3.63, 3.8) is 0 Å². The van der Waals surface area contributed by atoms with Gasteiger partial charge in [0.05, 0.1) is 22.0 Å². The van der Waals surface area contributed by atoms with Crippen LogP contribution in [0.2, 0.25) is 0 Å². The van der Waals surface area contributed by atoms with Gasteiger partial charge in [-0.25, -0.2) is 9.97 Å². The number of benzene rings is 1. The Labute approximate surface area is 158 Å². The normalized spacial score (nSPS) is 15.1. The first-order valence-electron chi connectivity index (χ1n) is 8.80. The van der Waals surface area contributed by atoms with Crippen LogP contribution in [0.15, 0.2) is 60.0 Å². The summed E-state index contributed by atoms with van der Waals surface area (Å²) in [4.78, 5) is 13.4. The molecule has 4 aromatic rings. The molecule has 1 atom stereocenters. The molecule has 1 aliphatic rings. The molecule has 0 aliphatic heterocycles. The zero-order valence-corrected chi connectivity index (χ0v) is 15.6. The van der Waals surface area contributed by atoms with Crippen molar-refractivity contribution in [1.29, 1.82) is 0 Å². The SMILES string of the molecule is CS(=O)c1nn(-c2ncc(-c3cc(C4CC4)ccn3)cn2)c2ccccc12. The predicted octanol–water partition coefficient (Wildman–Crippen LogP) is 3.49. The number of aromatic nitrogens is 5. The second-order valence-electron chi connectivity index (χ2n) is 6.71. The maximum atomic E-state index is 12.0. The van der Waals surface area contributed by atoms with Crippen molar-refractivity contribution in [3.05, 3.63) is 60.6 Å². The van der Waals surface area contributed by atoms with E-state index in [1.165, 1.54) is 18.4 Å². The molecule has 3 heterocycles. The lowest BCUT2D eigenvalue weighted by molar-refractivity contribution is 0.681. The minimum absolute atomic E-state index is 0.449. The number of hydrogen-bond donors (Lipinski definition) is 0. The van der Waals surface area contributed by atoms with E-state index < -0.39 is 10.8 Å². The van der Waals surface area contributed by atoms with E-state index in [4.69, 9.17) is 0 Å². The fourth-order valence-corrected chi connectivity index (χ4v) is 3.92. The van der Waals surface area contributed by atoms with Crippen LogP contribution in [0.25, 0.3) is 28.1 Å². The Morgan fingerprint density at radius 1 is 1.07 bits per heavy atom. The Balaban J connectivity index is 1.55. The first-order valence-corrected chi connectivity index (χ1v) is 10.4. The topological polar surface area (TPSA) is 73.6 Å². The van der Waals surface area contributed by atoms with Crippen molar-refractivity contribution < 1.29 is 4.21 Å². The number of para-hydroxylation sites is 1. The maximum Gasteiger partial charge on any atom is 0.251 e. The minimum Gasteiger partial charge on any atom is -0.256 e. The molecule has 1 saturated carbocycles. The van der Waals surface area contributed by atoms with Gasteiger partial charge in [0.1, 0.15) is 0 Å². The lowest BCUT2D eigenvalue weighted by Gasteiger charge is -2.05. The maximum absolute atomic E-state index is 12.0. The zero-order chi connectivity index (χ0) is 18.4. The van der Waals surface area contributed by atoms with Crippen molar-refractivity contribution >= 4 is 21.7 Å². The highest BCUT2D eigenvalue weighted by molar-refractivity contribution is 7.84. The molecule has 134 valence electrons. The smallest absolute Gasteiger partial charge is 0.251 e. The second-order valence-corrected chi connectivity index (χ2v) is 8.00. The molecule has 1 unspecified atom stereocenters. The summed E-state index contributed by atoms with van der Waals surface area (Å²) in [5.41, 5.74) is 3.92. The van der Waals surface area contributed by atoms with Crippen LogP contribution in [-0.4, -0.2) is 35.2 Å². The van der Waals surface area contributed by atoms with Gasteiger partial charge in [-0.05, 0) is 48.6 Å². The number of hydrogen-bond acceptors (Lipinski definition) is 5. The third-order valence-electron chi connectivity index (χ3n) is 4.78. The van der Waals surface area contributed by atoms with Gasteiger partial charge in [0.15, 0.2) is 5.03 Å². The number of nitrogens with zero attached hydrogens (tertiary/aromatic N) is 5. The summed E-state index contributed by atoms with van der Waals surface area (Å²) in [6, 6.07) is 11.9. The molecule has 0 amide bonds. The fraction of sp³-hybridized carbons (Fsp3) is 0.200. The third kappa shape index (κ3) is 2.94. The van der Waals surface area contributed by atoms with Crippen molar-refractivity contribution in [2.75, 3.05) is 6.26 Å². The third-order valence-corrected chi connectivity index (χ3v) is 5.63. The summed E-state index contributed by atoms with van der Waals surface area (Å²) in [5, 5.41) is 5.87. The van der Waals surface area contributed by atoms with Gasteiger partial charge in [-0.1, -0.05) is 12.1 Å². The van der Waals surface area contributed by atoms with Crippen LogP contribution < -0.4 is 0 Å². The highest BCUT2D eigenvalue weighted by Gasteiger charge is 2.24. The Kier molecular flexibility index (Phi) is 3.82. The Bertz CT molecular complexity index is 1160. The van der Waals surface area contributed by atoms with Gasteiger partial charge in [-0.15, -0.1) is 0 Å². The molecule has 6 nitrogen and oxygen atoms in total. The molecule has 1 aliphatic carbocycles. The van der Waals surface area contributed by atoms with Crippen molar-refractivity contribution in [3.8, 4) is 17.2 Å². The second kappa shape index (κ2) is 6.35. The molecule has 27 heavy (non-hydrogen) atoms. The van der Waals surface area contributed by atoms with Gasteiger partial charge in [0, 0.05) is 35.8 Å². The zero-order valence-electron chi connectivity index (χ0n) is 14.7. The van der Waals surface area contributed by atoms with Gasteiger partial charge >= 0.3 is 0 Å². The van der Waals surface area contributed by atoms with Crippen LogP contribution in [0, 0.1) is 0 Å². The van der Waals surface area contributed by atoms with E-state index in [9.17, 15) is 4.21 Å². The van der Waals surface area contributed by atoms with Gasteiger partial charge in [-0.2, -0.15) is 9.78 Å². The Hall–Kier alpha value is -2.93. The molecule has 0 bridgehead atoms. The van der Waals surface area contributed by atoms with E-state index in [1.54, 1.807) is 23.3 Å². The van der Waals surface area contributed by atoms with E-state index in [2.05, 4.69) is 32.2 Å². The first-order chi connectivity index (χ1) is 13.2. The average molecular weight is 375 g/mol. The summed E-state index contributed by atoms with van der Waals surface area (Å²) < 4.78 is 13.7. The molecule has 0 spiro atoms. The summed E-state index contributed by atoms with van der Waals surface area (Å²) in [6.45, 7) is 0. The van der Waals surface area contributed by atoms with Crippen molar-refractivity contribution in [2.45, 2.75) is 23.8 Å². The van der Waals surface area contributed by atoms with E-state index in [-0.39, 0.29) is 0 Å². The first kappa shape index (κ1) is 16.3. The van der Waals surface area contributed by atoms with Gasteiger partial charge in [0.25, 0.3) is 5.95 Å². The number of fused-ring (bicyclic) bond motifs is 1. The summed E-state index contributed by atoms with van der Waals surface area (Å²) >= 11 is 0. The molecule has 1 aromatic carbocycles. The lowest BCUT2D eigenvalue weighted by atomic mass is 10.1. The average Bonchev–Trinajstić information content (AvgIpc) is 3.48. The number of rotatable bonds is 4. The van der Waals surface area contributed by atoms with E-state index in [0.717, 1.165) is 22.2 Å². The van der Waals surface area contributed by atoms with E-state index in [1.807, 2.05) is 30.5 Å². The van der Waals surface area contributed by atoms with Crippen LogP contribution in [0.3, 0.4) is 0 Å². The monoisotopic (exact) mass is 375 g/mol. The number of pyridine rings is 1. The Morgan fingerprint density at radius 3 is 2.59 bits per heavy atom. The highest BCUT2D eigenvalue weighted by atomic mass is 32.2. The lowest BCUT2D eigenvalue weighted by Crippen LogP contribution is -2.03.